The highest BCUT2D eigenvalue weighted by Gasteiger charge is 2.17. The van der Waals surface area contributed by atoms with Gasteiger partial charge in [-0.1, -0.05) is 18.3 Å². The SMILES string of the molecule is Cn1ncc(C(N)=S)c1NC(=O)c1ccc2c(c1)CCC2. The number of carbonyl (C=O) groups excluding carboxylic acids is 1. The number of nitrogens with zero attached hydrogens (tertiary/aromatic N) is 2. The molecule has 1 aliphatic carbocycles. The molecule has 1 heterocycles. The number of aromatic nitrogens is 2. The standard InChI is InChI=1S/C15H16N4OS/c1-19-14(12(8-17-19)13(16)21)18-15(20)11-6-5-9-3-2-4-10(9)7-11/h5-8H,2-4H2,1H3,(H2,16,21)(H,18,20). The van der Waals surface area contributed by atoms with Gasteiger partial charge in [0.15, 0.2) is 0 Å². The van der Waals surface area contributed by atoms with Gasteiger partial charge in [-0.25, -0.2) is 0 Å². The van der Waals surface area contributed by atoms with Gasteiger partial charge in [-0.05, 0) is 42.5 Å². The van der Waals surface area contributed by atoms with Crippen molar-refractivity contribution in [2.24, 2.45) is 12.8 Å². The van der Waals surface area contributed by atoms with Gasteiger partial charge >= 0.3 is 0 Å². The molecule has 0 unspecified atom stereocenters. The zero-order valence-electron chi connectivity index (χ0n) is 11.7. The maximum atomic E-state index is 12.4. The van der Waals surface area contributed by atoms with Gasteiger partial charge in [-0.2, -0.15) is 5.10 Å². The number of hydrogen-bond donors (Lipinski definition) is 2. The lowest BCUT2D eigenvalue weighted by Gasteiger charge is -2.09. The molecule has 1 amide bonds. The Morgan fingerprint density at radius 1 is 1.38 bits per heavy atom. The second kappa shape index (κ2) is 5.29. The average Bonchev–Trinajstić information content (AvgIpc) is 3.05. The molecule has 5 nitrogen and oxygen atoms in total. The molecule has 0 saturated carbocycles. The fraction of sp³-hybridized carbons (Fsp3) is 0.267. The van der Waals surface area contributed by atoms with Gasteiger partial charge in [0.2, 0.25) is 0 Å². The van der Waals surface area contributed by atoms with Gasteiger partial charge < -0.3 is 11.1 Å². The number of thiocarbonyl (C=S) groups is 1. The highest BCUT2D eigenvalue weighted by atomic mass is 32.1. The molecule has 21 heavy (non-hydrogen) atoms. The smallest absolute Gasteiger partial charge is 0.256 e. The number of amides is 1. The molecular formula is C15H16N4OS. The van der Waals surface area contributed by atoms with Crippen molar-refractivity contribution in [3.8, 4) is 0 Å². The van der Waals surface area contributed by atoms with E-state index in [4.69, 9.17) is 18.0 Å². The van der Waals surface area contributed by atoms with Gasteiger partial charge in [0.1, 0.15) is 10.8 Å². The molecule has 0 spiro atoms. The van der Waals surface area contributed by atoms with Gasteiger partial charge in [-0.3, -0.25) is 9.48 Å². The molecule has 3 rings (SSSR count). The molecule has 3 N–H and O–H groups in total. The number of rotatable bonds is 3. The second-order valence-electron chi connectivity index (χ2n) is 5.19. The van der Waals surface area contributed by atoms with Crippen molar-refractivity contribution in [3.63, 3.8) is 0 Å². The van der Waals surface area contributed by atoms with Crippen LogP contribution in [0.3, 0.4) is 0 Å². The van der Waals surface area contributed by atoms with Crippen molar-refractivity contribution in [3.05, 3.63) is 46.6 Å². The quantitative estimate of drug-likeness (QED) is 0.848. The molecule has 0 fully saturated rings. The summed E-state index contributed by atoms with van der Waals surface area (Å²) in [4.78, 5) is 12.6. The number of hydrogen-bond acceptors (Lipinski definition) is 3. The molecular weight excluding hydrogens is 284 g/mol. The number of anilines is 1. The van der Waals surface area contributed by atoms with E-state index < -0.39 is 0 Å². The Bertz CT molecular complexity index is 735. The van der Waals surface area contributed by atoms with E-state index in [2.05, 4.69) is 10.4 Å². The monoisotopic (exact) mass is 300 g/mol. The zero-order valence-corrected chi connectivity index (χ0v) is 12.5. The van der Waals surface area contributed by atoms with E-state index in [0.717, 1.165) is 19.3 Å². The molecule has 0 atom stereocenters. The Balaban J connectivity index is 1.87. The van der Waals surface area contributed by atoms with Gasteiger partial charge in [0.05, 0.1) is 11.8 Å². The molecule has 6 heteroatoms. The van der Waals surface area contributed by atoms with Crippen molar-refractivity contribution in [2.45, 2.75) is 19.3 Å². The molecule has 0 radical (unpaired) electrons. The average molecular weight is 300 g/mol. The van der Waals surface area contributed by atoms with Crippen LogP contribution in [-0.4, -0.2) is 20.7 Å². The van der Waals surface area contributed by atoms with Crippen molar-refractivity contribution in [1.29, 1.82) is 0 Å². The predicted octanol–water partition coefficient (Wildman–Crippen LogP) is 1.80. The lowest BCUT2D eigenvalue weighted by atomic mass is 10.1. The minimum Gasteiger partial charge on any atom is -0.389 e. The van der Waals surface area contributed by atoms with Crippen LogP contribution < -0.4 is 11.1 Å². The Kier molecular flexibility index (Phi) is 3.47. The summed E-state index contributed by atoms with van der Waals surface area (Å²) in [7, 11) is 1.74. The maximum absolute atomic E-state index is 12.4. The largest absolute Gasteiger partial charge is 0.389 e. The first-order valence-electron chi connectivity index (χ1n) is 6.81. The Morgan fingerprint density at radius 2 is 2.14 bits per heavy atom. The maximum Gasteiger partial charge on any atom is 0.256 e. The molecule has 1 aliphatic rings. The molecule has 1 aromatic carbocycles. The Morgan fingerprint density at radius 3 is 2.90 bits per heavy atom. The number of fused-ring (bicyclic) bond motifs is 1. The molecule has 2 aromatic rings. The van der Waals surface area contributed by atoms with Crippen LogP contribution in [0.2, 0.25) is 0 Å². The lowest BCUT2D eigenvalue weighted by Crippen LogP contribution is -2.19. The van der Waals surface area contributed by atoms with E-state index in [0.29, 0.717) is 16.9 Å². The first-order valence-corrected chi connectivity index (χ1v) is 7.22. The first-order chi connectivity index (χ1) is 10.1. The summed E-state index contributed by atoms with van der Waals surface area (Å²) in [6, 6.07) is 5.86. The molecule has 1 aromatic heterocycles. The predicted molar refractivity (Wildman–Crippen MR) is 85.5 cm³/mol. The molecule has 108 valence electrons. The summed E-state index contributed by atoms with van der Waals surface area (Å²) in [6.07, 6.45) is 4.86. The summed E-state index contributed by atoms with van der Waals surface area (Å²) in [5.74, 6) is 0.346. The van der Waals surface area contributed by atoms with Crippen molar-refractivity contribution in [2.75, 3.05) is 5.32 Å². The minimum absolute atomic E-state index is 0.175. The lowest BCUT2D eigenvalue weighted by molar-refractivity contribution is 0.102. The third-order valence-electron chi connectivity index (χ3n) is 3.80. The molecule has 0 saturated heterocycles. The van der Waals surface area contributed by atoms with E-state index >= 15 is 0 Å². The fourth-order valence-corrected chi connectivity index (χ4v) is 2.81. The Hall–Kier alpha value is -2.21. The molecule has 0 aliphatic heterocycles. The van der Waals surface area contributed by atoms with E-state index in [1.165, 1.54) is 11.1 Å². The first kappa shape index (κ1) is 13.8. The van der Waals surface area contributed by atoms with Crippen LogP contribution in [0.4, 0.5) is 5.82 Å². The van der Waals surface area contributed by atoms with Crippen molar-refractivity contribution in [1.82, 2.24) is 9.78 Å². The topological polar surface area (TPSA) is 72.9 Å². The third kappa shape index (κ3) is 2.54. The van der Waals surface area contributed by atoms with Crippen LogP contribution in [-0.2, 0) is 19.9 Å². The number of benzene rings is 1. The second-order valence-corrected chi connectivity index (χ2v) is 5.63. The van der Waals surface area contributed by atoms with Crippen LogP contribution >= 0.6 is 12.2 Å². The summed E-state index contributed by atoms with van der Waals surface area (Å²) >= 11 is 4.97. The van der Waals surface area contributed by atoms with Gasteiger partial charge in [0, 0.05) is 12.6 Å². The van der Waals surface area contributed by atoms with E-state index in [9.17, 15) is 4.79 Å². The minimum atomic E-state index is -0.175. The summed E-state index contributed by atoms with van der Waals surface area (Å²) in [6.45, 7) is 0. The number of carbonyl (C=O) groups is 1. The summed E-state index contributed by atoms with van der Waals surface area (Å²) in [5.41, 5.74) is 9.47. The fourth-order valence-electron chi connectivity index (χ4n) is 2.66. The molecule has 0 bridgehead atoms. The highest BCUT2D eigenvalue weighted by molar-refractivity contribution is 7.80. The van der Waals surface area contributed by atoms with Crippen molar-refractivity contribution < 1.29 is 4.79 Å². The van der Waals surface area contributed by atoms with Crippen LogP contribution in [0.25, 0.3) is 0 Å². The van der Waals surface area contributed by atoms with Crippen LogP contribution in [0.15, 0.2) is 24.4 Å². The third-order valence-corrected chi connectivity index (χ3v) is 4.02. The van der Waals surface area contributed by atoms with E-state index in [-0.39, 0.29) is 10.9 Å². The zero-order chi connectivity index (χ0) is 15.0. The van der Waals surface area contributed by atoms with Crippen LogP contribution in [0.1, 0.15) is 33.5 Å². The number of aryl methyl sites for hydroxylation is 3. The normalized spacial score (nSPS) is 13.0. The van der Waals surface area contributed by atoms with Crippen molar-refractivity contribution >= 4 is 28.9 Å². The highest BCUT2D eigenvalue weighted by Crippen LogP contribution is 2.23. The van der Waals surface area contributed by atoms with Gasteiger partial charge in [0.25, 0.3) is 5.91 Å². The number of nitrogens with one attached hydrogen (secondary N) is 1. The summed E-state index contributed by atoms with van der Waals surface area (Å²) in [5, 5.41) is 6.92. The van der Waals surface area contributed by atoms with E-state index in [1.807, 2.05) is 18.2 Å². The van der Waals surface area contributed by atoms with E-state index in [1.54, 1.807) is 17.9 Å². The summed E-state index contributed by atoms with van der Waals surface area (Å²) < 4.78 is 1.56. The van der Waals surface area contributed by atoms with Crippen LogP contribution in [0.5, 0.6) is 0 Å². The van der Waals surface area contributed by atoms with Gasteiger partial charge in [-0.15, -0.1) is 0 Å². The van der Waals surface area contributed by atoms with Crippen LogP contribution in [0, 0.1) is 0 Å². The number of nitrogens with two attached hydrogens (primary N) is 1. The Labute approximate surface area is 128 Å².